The molecule has 0 aliphatic carbocycles. The summed E-state index contributed by atoms with van der Waals surface area (Å²) in [5, 5.41) is 64.7. The molecular formula is C53H95NO9. The summed E-state index contributed by atoms with van der Waals surface area (Å²) < 4.78 is 11.1. The molecule has 0 aromatic rings. The Labute approximate surface area is 384 Å². The summed E-state index contributed by atoms with van der Waals surface area (Å²) in [6.45, 7) is 3.56. The number of hydrogen-bond donors (Lipinski definition) is 7. The Morgan fingerprint density at radius 2 is 0.984 bits per heavy atom. The molecule has 1 saturated heterocycles. The van der Waals surface area contributed by atoms with Crippen LogP contribution >= 0.6 is 0 Å². The number of allylic oxidation sites excluding steroid dienone is 9. The highest BCUT2D eigenvalue weighted by molar-refractivity contribution is 5.80. The van der Waals surface area contributed by atoms with Crippen molar-refractivity contribution in [3.63, 3.8) is 0 Å². The van der Waals surface area contributed by atoms with Crippen LogP contribution < -0.4 is 5.32 Å². The predicted molar refractivity (Wildman–Crippen MR) is 259 cm³/mol. The molecule has 7 N–H and O–H groups in total. The maximum absolute atomic E-state index is 13.1. The van der Waals surface area contributed by atoms with Crippen LogP contribution in [0.5, 0.6) is 0 Å². The first-order valence-electron chi connectivity index (χ1n) is 25.6. The van der Waals surface area contributed by atoms with Gasteiger partial charge in [0.05, 0.1) is 25.4 Å². The van der Waals surface area contributed by atoms with E-state index < -0.39 is 61.5 Å². The van der Waals surface area contributed by atoms with Crippen molar-refractivity contribution in [2.45, 2.75) is 255 Å². The summed E-state index contributed by atoms with van der Waals surface area (Å²) in [6, 6.07) is -1.01. The first-order chi connectivity index (χ1) is 30.8. The topological polar surface area (TPSA) is 169 Å². The fraction of sp³-hybridized carbons (Fsp3) is 0.792. The van der Waals surface area contributed by atoms with Crippen LogP contribution in [-0.4, -0.2) is 98.7 Å². The smallest absolute Gasteiger partial charge is 0.249 e. The third-order valence-electron chi connectivity index (χ3n) is 11.9. The Morgan fingerprint density at radius 3 is 1.49 bits per heavy atom. The molecule has 1 aliphatic rings. The van der Waals surface area contributed by atoms with Crippen molar-refractivity contribution in [3.8, 4) is 0 Å². The van der Waals surface area contributed by atoms with E-state index in [-0.39, 0.29) is 6.61 Å². The summed E-state index contributed by atoms with van der Waals surface area (Å²) in [4.78, 5) is 13.1. The number of aliphatic hydroxyl groups is 6. The molecule has 0 saturated carbocycles. The molecule has 0 bridgehead atoms. The number of carbonyl (C=O) groups is 1. The van der Waals surface area contributed by atoms with Crippen LogP contribution in [-0.2, 0) is 14.3 Å². The summed E-state index contributed by atoms with van der Waals surface area (Å²) in [7, 11) is 0. The van der Waals surface area contributed by atoms with Gasteiger partial charge >= 0.3 is 0 Å². The SMILES string of the molecule is CCCCCC/C=C/CC/C=C/CC/C=C/C(O)C(COC1OC(CO)C(O)C(O)C1O)NC(=O)C(O)CCCCCCCCCC/C=C\C/C=C\CCCCCCCCCCC. The van der Waals surface area contributed by atoms with E-state index in [1.165, 1.54) is 116 Å². The van der Waals surface area contributed by atoms with Crippen LogP contribution in [0, 0.1) is 0 Å². The van der Waals surface area contributed by atoms with Crippen LogP contribution in [0.1, 0.15) is 206 Å². The number of ether oxygens (including phenoxy) is 2. The van der Waals surface area contributed by atoms with Gasteiger partial charge in [-0.15, -0.1) is 0 Å². The van der Waals surface area contributed by atoms with E-state index >= 15 is 0 Å². The molecule has 1 amide bonds. The Kier molecular flexibility index (Phi) is 39.7. The number of hydrogen-bond acceptors (Lipinski definition) is 9. The Balaban J connectivity index is 2.34. The van der Waals surface area contributed by atoms with Crippen LogP contribution in [0.2, 0.25) is 0 Å². The molecule has 0 aromatic heterocycles. The largest absolute Gasteiger partial charge is 0.394 e. The molecule has 63 heavy (non-hydrogen) atoms. The number of nitrogens with one attached hydrogen (secondary N) is 1. The van der Waals surface area contributed by atoms with Gasteiger partial charge in [-0.25, -0.2) is 0 Å². The molecule has 1 rings (SSSR count). The quantitative estimate of drug-likeness (QED) is 0.0233. The lowest BCUT2D eigenvalue weighted by atomic mass is 9.99. The molecule has 366 valence electrons. The minimum absolute atomic E-state index is 0.292. The third kappa shape index (κ3) is 32.2. The minimum Gasteiger partial charge on any atom is -0.394 e. The Bertz CT molecular complexity index is 1190. The van der Waals surface area contributed by atoms with Crippen molar-refractivity contribution in [2.24, 2.45) is 0 Å². The fourth-order valence-corrected chi connectivity index (χ4v) is 7.69. The van der Waals surface area contributed by atoms with Crippen LogP contribution in [0.4, 0.5) is 0 Å². The van der Waals surface area contributed by atoms with Gasteiger partial charge in [0.25, 0.3) is 0 Å². The van der Waals surface area contributed by atoms with Crippen molar-refractivity contribution in [1.82, 2.24) is 5.32 Å². The van der Waals surface area contributed by atoms with E-state index in [1.54, 1.807) is 6.08 Å². The molecule has 0 radical (unpaired) electrons. The second-order valence-electron chi connectivity index (χ2n) is 17.7. The summed E-state index contributed by atoms with van der Waals surface area (Å²) in [6.07, 6.45) is 46.0. The molecular weight excluding hydrogens is 795 g/mol. The first kappa shape index (κ1) is 58.9. The summed E-state index contributed by atoms with van der Waals surface area (Å²) in [5.41, 5.74) is 0. The normalized spacial score (nSPS) is 21.2. The van der Waals surface area contributed by atoms with E-state index in [2.05, 4.69) is 67.8 Å². The van der Waals surface area contributed by atoms with Crippen molar-refractivity contribution >= 4 is 5.91 Å². The molecule has 8 unspecified atom stereocenters. The molecule has 1 fully saturated rings. The van der Waals surface area contributed by atoms with E-state index in [1.807, 2.05) is 6.08 Å². The number of unbranched alkanes of at least 4 members (excludes halogenated alkanes) is 23. The zero-order valence-electron chi connectivity index (χ0n) is 39.9. The standard InChI is InChI=1S/C53H95NO9/c1-3-5-7-9-11-13-15-17-19-20-21-22-23-24-25-26-27-28-30-32-34-36-38-40-42-47(57)52(61)54-45(44-62-53-51(60)50(59)49(58)48(43-55)63-53)46(56)41-39-37-35-33-31-29-18-16-14-12-10-8-6-4-2/h14,16,21-22,24-25,31,33,39,41,45-51,53,55-60H,3-13,15,17-20,23,26-30,32,34-38,40,42-44H2,1-2H3,(H,54,61)/b16-14+,22-21-,25-24-,33-31+,41-39+. The number of amides is 1. The second-order valence-corrected chi connectivity index (χ2v) is 17.7. The average molecular weight is 890 g/mol. The number of aliphatic hydroxyl groups excluding tert-OH is 6. The van der Waals surface area contributed by atoms with Gasteiger partial charge in [-0.2, -0.15) is 0 Å². The van der Waals surface area contributed by atoms with Crippen molar-refractivity contribution < 1.29 is 44.9 Å². The number of carbonyl (C=O) groups excluding carboxylic acids is 1. The number of rotatable bonds is 42. The molecule has 0 spiro atoms. The maximum Gasteiger partial charge on any atom is 0.249 e. The monoisotopic (exact) mass is 890 g/mol. The molecule has 1 heterocycles. The van der Waals surface area contributed by atoms with Crippen molar-refractivity contribution in [1.29, 1.82) is 0 Å². The van der Waals surface area contributed by atoms with Gasteiger partial charge in [-0.05, 0) is 77.0 Å². The van der Waals surface area contributed by atoms with Crippen LogP contribution in [0.15, 0.2) is 60.8 Å². The molecule has 0 aromatic carbocycles. The first-order valence-corrected chi connectivity index (χ1v) is 25.6. The highest BCUT2D eigenvalue weighted by Gasteiger charge is 2.44. The molecule has 10 nitrogen and oxygen atoms in total. The van der Waals surface area contributed by atoms with Crippen LogP contribution in [0.25, 0.3) is 0 Å². The zero-order chi connectivity index (χ0) is 46.0. The van der Waals surface area contributed by atoms with Gasteiger partial charge in [0.15, 0.2) is 6.29 Å². The van der Waals surface area contributed by atoms with Gasteiger partial charge in [0.1, 0.15) is 30.5 Å². The van der Waals surface area contributed by atoms with E-state index in [9.17, 15) is 35.4 Å². The second kappa shape index (κ2) is 42.5. The van der Waals surface area contributed by atoms with Crippen LogP contribution in [0.3, 0.4) is 0 Å². The Morgan fingerprint density at radius 1 is 0.556 bits per heavy atom. The fourth-order valence-electron chi connectivity index (χ4n) is 7.69. The van der Waals surface area contributed by atoms with Gasteiger partial charge < -0.3 is 45.4 Å². The predicted octanol–water partition coefficient (Wildman–Crippen LogP) is 10.5. The van der Waals surface area contributed by atoms with Gasteiger partial charge in [0, 0.05) is 0 Å². The lowest BCUT2D eigenvalue weighted by Crippen LogP contribution is -2.60. The third-order valence-corrected chi connectivity index (χ3v) is 11.9. The molecule has 10 heteroatoms. The van der Waals surface area contributed by atoms with E-state index in [0.717, 1.165) is 57.8 Å². The molecule has 8 atom stereocenters. The Hall–Kier alpha value is -2.15. The summed E-state index contributed by atoms with van der Waals surface area (Å²) in [5.74, 6) is -0.637. The maximum atomic E-state index is 13.1. The van der Waals surface area contributed by atoms with Gasteiger partial charge in [-0.1, -0.05) is 190 Å². The van der Waals surface area contributed by atoms with E-state index in [0.29, 0.717) is 19.3 Å². The van der Waals surface area contributed by atoms with Gasteiger partial charge in [0.2, 0.25) is 5.91 Å². The zero-order valence-corrected chi connectivity index (χ0v) is 39.9. The highest BCUT2D eigenvalue weighted by Crippen LogP contribution is 2.23. The lowest BCUT2D eigenvalue weighted by molar-refractivity contribution is -0.302. The molecule has 1 aliphatic heterocycles. The van der Waals surface area contributed by atoms with Crippen molar-refractivity contribution in [2.75, 3.05) is 13.2 Å². The lowest BCUT2D eigenvalue weighted by Gasteiger charge is -2.40. The van der Waals surface area contributed by atoms with E-state index in [4.69, 9.17) is 9.47 Å². The summed E-state index contributed by atoms with van der Waals surface area (Å²) >= 11 is 0. The van der Waals surface area contributed by atoms with Crippen molar-refractivity contribution in [3.05, 3.63) is 60.8 Å². The minimum atomic E-state index is -1.62. The van der Waals surface area contributed by atoms with Gasteiger partial charge in [-0.3, -0.25) is 4.79 Å². The average Bonchev–Trinajstić information content (AvgIpc) is 3.28. The highest BCUT2D eigenvalue weighted by atomic mass is 16.7.